The van der Waals surface area contributed by atoms with E-state index in [1.807, 2.05) is 18.2 Å². The Morgan fingerprint density at radius 3 is 2.72 bits per heavy atom. The first-order valence-electron chi connectivity index (χ1n) is 6.64. The van der Waals surface area contributed by atoms with E-state index in [1.54, 1.807) is 11.8 Å². The third-order valence-corrected chi connectivity index (χ3v) is 4.74. The standard InChI is InChI=1S/C15H20N2S/c1-3-15(8-9-15)11-17-13-6-5-7-14(18-4-2)12(13)10-16/h5-7,17H,3-4,8-9,11H2,1-2H3. The van der Waals surface area contributed by atoms with Crippen LogP contribution in [0.4, 0.5) is 5.69 Å². The van der Waals surface area contributed by atoms with Gasteiger partial charge in [0.15, 0.2) is 0 Å². The second-order valence-electron chi connectivity index (χ2n) is 4.93. The van der Waals surface area contributed by atoms with Crippen molar-refractivity contribution >= 4 is 17.4 Å². The molecule has 2 rings (SSSR count). The summed E-state index contributed by atoms with van der Waals surface area (Å²) in [6.45, 7) is 5.36. The maximum absolute atomic E-state index is 9.32. The van der Waals surface area contributed by atoms with Crippen LogP contribution >= 0.6 is 11.8 Å². The van der Waals surface area contributed by atoms with E-state index in [2.05, 4.69) is 25.2 Å². The quantitative estimate of drug-likeness (QED) is 0.776. The molecule has 96 valence electrons. The topological polar surface area (TPSA) is 35.8 Å². The van der Waals surface area contributed by atoms with E-state index in [4.69, 9.17) is 0 Å². The van der Waals surface area contributed by atoms with Gasteiger partial charge in [-0.15, -0.1) is 11.8 Å². The molecule has 1 aromatic carbocycles. The van der Waals surface area contributed by atoms with Crippen LogP contribution < -0.4 is 5.32 Å². The van der Waals surface area contributed by atoms with Crippen LogP contribution in [0, 0.1) is 16.7 Å². The Balaban J connectivity index is 2.12. The van der Waals surface area contributed by atoms with Crippen molar-refractivity contribution < 1.29 is 0 Å². The molecule has 0 saturated heterocycles. The van der Waals surface area contributed by atoms with Gasteiger partial charge in [0.2, 0.25) is 0 Å². The highest BCUT2D eigenvalue weighted by Crippen LogP contribution is 2.48. The molecule has 3 heteroatoms. The summed E-state index contributed by atoms with van der Waals surface area (Å²) in [5.41, 5.74) is 2.30. The smallest absolute Gasteiger partial charge is 0.102 e. The van der Waals surface area contributed by atoms with Gasteiger partial charge in [0.1, 0.15) is 6.07 Å². The lowest BCUT2D eigenvalue weighted by molar-refractivity contribution is 0.521. The minimum Gasteiger partial charge on any atom is -0.383 e. The number of rotatable bonds is 6. The summed E-state index contributed by atoms with van der Waals surface area (Å²) in [6.07, 6.45) is 3.87. The Hall–Kier alpha value is -1.14. The number of nitrogens with zero attached hydrogens (tertiary/aromatic N) is 1. The van der Waals surface area contributed by atoms with Gasteiger partial charge in [-0.3, -0.25) is 0 Å². The molecule has 0 aromatic heterocycles. The fourth-order valence-electron chi connectivity index (χ4n) is 2.18. The number of hydrogen-bond donors (Lipinski definition) is 1. The van der Waals surface area contributed by atoms with Crippen molar-refractivity contribution in [1.82, 2.24) is 0 Å². The summed E-state index contributed by atoms with van der Waals surface area (Å²) < 4.78 is 0. The van der Waals surface area contributed by atoms with Crippen LogP contribution in [0.2, 0.25) is 0 Å². The molecule has 0 aliphatic heterocycles. The lowest BCUT2D eigenvalue weighted by Gasteiger charge is -2.16. The zero-order chi connectivity index (χ0) is 13.0. The highest BCUT2D eigenvalue weighted by molar-refractivity contribution is 7.99. The van der Waals surface area contributed by atoms with E-state index in [1.165, 1.54) is 19.3 Å². The minimum atomic E-state index is 0.501. The summed E-state index contributed by atoms with van der Waals surface area (Å²) in [7, 11) is 0. The largest absolute Gasteiger partial charge is 0.383 e. The molecule has 1 aliphatic rings. The first kappa shape index (κ1) is 13.3. The maximum Gasteiger partial charge on any atom is 0.102 e. The van der Waals surface area contributed by atoms with Crippen LogP contribution in [0.15, 0.2) is 23.1 Å². The first-order valence-corrected chi connectivity index (χ1v) is 7.63. The van der Waals surface area contributed by atoms with Crippen molar-refractivity contribution in [3.05, 3.63) is 23.8 Å². The molecule has 0 heterocycles. The molecule has 1 aromatic rings. The number of hydrogen-bond acceptors (Lipinski definition) is 3. The van der Waals surface area contributed by atoms with Gasteiger partial charge in [0.05, 0.1) is 11.3 Å². The molecule has 2 nitrogen and oxygen atoms in total. The zero-order valence-electron chi connectivity index (χ0n) is 11.1. The molecule has 1 saturated carbocycles. The Bertz CT molecular complexity index is 458. The van der Waals surface area contributed by atoms with Gasteiger partial charge >= 0.3 is 0 Å². The van der Waals surface area contributed by atoms with Gasteiger partial charge in [-0.2, -0.15) is 5.26 Å². The molecule has 18 heavy (non-hydrogen) atoms. The molecule has 0 unspecified atom stereocenters. The van der Waals surface area contributed by atoms with Gasteiger partial charge in [0, 0.05) is 11.4 Å². The summed E-state index contributed by atoms with van der Waals surface area (Å²) in [5, 5.41) is 12.8. The number of benzene rings is 1. The number of nitrogens with one attached hydrogen (secondary N) is 1. The average Bonchev–Trinajstić information content (AvgIpc) is 3.17. The number of anilines is 1. The average molecular weight is 260 g/mol. The fourth-order valence-corrected chi connectivity index (χ4v) is 2.97. The fraction of sp³-hybridized carbons (Fsp3) is 0.533. The molecule has 0 bridgehead atoms. The van der Waals surface area contributed by atoms with Crippen molar-refractivity contribution in [2.24, 2.45) is 5.41 Å². The Morgan fingerprint density at radius 2 is 2.17 bits per heavy atom. The van der Waals surface area contributed by atoms with E-state index in [0.717, 1.165) is 28.4 Å². The van der Waals surface area contributed by atoms with Crippen molar-refractivity contribution in [2.45, 2.75) is 38.0 Å². The van der Waals surface area contributed by atoms with E-state index in [0.29, 0.717) is 5.41 Å². The van der Waals surface area contributed by atoms with Crippen LogP contribution in [-0.4, -0.2) is 12.3 Å². The minimum absolute atomic E-state index is 0.501. The van der Waals surface area contributed by atoms with Crippen molar-refractivity contribution in [2.75, 3.05) is 17.6 Å². The second-order valence-corrected chi connectivity index (χ2v) is 6.24. The molecule has 1 N–H and O–H groups in total. The molecule has 1 fully saturated rings. The van der Waals surface area contributed by atoms with E-state index >= 15 is 0 Å². The molecule has 0 atom stereocenters. The normalized spacial score (nSPS) is 16.1. The van der Waals surface area contributed by atoms with Crippen LogP contribution in [-0.2, 0) is 0 Å². The third kappa shape index (κ3) is 2.81. The molecule has 1 aliphatic carbocycles. The van der Waals surface area contributed by atoms with Gasteiger partial charge in [-0.25, -0.2) is 0 Å². The second kappa shape index (κ2) is 5.67. The van der Waals surface area contributed by atoms with Crippen LogP contribution in [0.25, 0.3) is 0 Å². The summed E-state index contributed by atoms with van der Waals surface area (Å²) in [4.78, 5) is 1.09. The Morgan fingerprint density at radius 1 is 1.39 bits per heavy atom. The number of nitriles is 1. The summed E-state index contributed by atoms with van der Waals surface area (Å²) in [6, 6.07) is 8.42. The Kier molecular flexibility index (Phi) is 4.19. The van der Waals surface area contributed by atoms with Crippen molar-refractivity contribution in [3.8, 4) is 6.07 Å². The van der Waals surface area contributed by atoms with Crippen molar-refractivity contribution in [1.29, 1.82) is 5.26 Å². The van der Waals surface area contributed by atoms with E-state index in [9.17, 15) is 5.26 Å². The highest BCUT2D eigenvalue weighted by Gasteiger charge is 2.40. The van der Waals surface area contributed by atoms with Gasteiger partial charge in [0.25, 0.3) is 0 Å². The zero-order valence-corrected chi connectivity index (χ0v) is 11.9. The highest BCUT2D eigenvalue weighted by atomic mass is 32.2. The maximum atomic E-state index is 9.32. The monoisotopic (exact) mass is 260 g/mol. The van der Waals surface area contributed by atoms with Crippen molar-refractivity contribution in [3.63, 3.8) is 0 Å². The molecular formula is C15H20N2S. The van der Waals surface area contributed by atoms with Gasteiger partial charge < -0.3 is 5.32 Å². The van der Waals surface area contributed by atoms with Crippen LogP contribution in [0.1, 0.15) is 38.7 Å². The molecule has 0 amide bonds. The van der Waals surface area contributed by atoms with E-state index < -0.39 is 0 Å². The lowest BCUT2D eigenvalue weighted by atomic mass is 10.0. The SMILES string of the molecule is CCSc1cccc(NCC2(CC)CC2)c1C#N. The summed E-state index contributed by atoms with van der Waals surface area (Å²) in [5.74, 6) is 0.997. The number of thioether (sulfide) groups is 1. The van der Waals surface area contributed by atoms with E-state index in [-0.39, 0.29) is 0 Å². The lowest BCUT2D eigenvalue weighted by Crippen LogP contribution is -2.15. The summed E-state index contributed by atoms with van der Waals surface area (Å²) >= 11 is 1.73. The van der Waals surface area contributed by atoms with Crippen LogP contribution in [0.5, 0.6) is 0 Å². The Labute approximate surface area is 114 Å². The van der Waals surface area contributed by atoms with Gasteiger partial charge in [-0.05, 0) is 42.6 Å². The first-order chi connectivity index (χ1) is 8.74. The molecular weight excluding hydrogens is 240 g/mol. The predicted molar refractivity (Wildman–Crippen MR) is 78.0 cm³/mol. The van der Waals surface area contributed by atoms with Crippen LogP contribution in [0.3, 0.4) is 0 Å². The third-order valence-electron chi connectivity index (χ3n) is 3.80. The molecule has 0 spiro atoms. The molecule has 0 radical (unpaired) electrons. The van der Waals surface area contributed by atoms with Gasteiger partial charge in [-0.1, -0.05) is 19.9 Å². The predicted octanol–water partition coefficient (Wildman–Crippen LogP) is 4.27.